The number of halogens is 4. The van der Waals surface area contributed by atoms with Crippen molar-refractivity contribution in [2.75, 3.05) is 18.4 Å². The van der Waals surface area contributed by atoms with Gasteiger partial charge in [-0.1, -0.05) is 12.1 Å². The Bertz CT molecular complexity index is 518. The van der Waals surface area contributed by atoms with E-state index in [0.717, 1.165) is 6.07 Å². The molecule has 3 nitrogen and oxygen atoms in total. The number of carbonyl (C=O) groups excluding carboxylic acids is 1. The Hall–Kier alpha value is -1.27. The minimum absolute atomic E-state index is 0. The van der Waals surface area contributed by atoms with Gasteiger partial charge in [-0.15, -0.1) is 12.4 Å². The van der Waals surface area contributed by atoms with Crippen LogP contribution in [0.3, 0.4) is 0 Å². The highest BCUT2D eigenvalue weighted by molar-refractivity contribution is 5.98. The van der Waals surface area contributed by atoms with Gasteiger partial charge in [0.25, 0.3) is 0 Å². The summed E-state index contributed by atoms with van der Waals surface area (Å²) in [6.45, 7) is 1.07. The van der Waals surface area contributed by atoms with Gasteiger partial charge in [-0.25, -0.2) is 0 Å². The van der Waals surface area contributed by atoms with E-state index in [9.17, 15) is 18.0 Å². The van der Waals surface area contributed by atoms with Crippen LogP contribution in [-0.2, 0) is 11.0 Å². The molecule has 0 bridgehead atoms. The molecule has 2 aliphatic rings. The monoisotopic (exact) mass is 292 g/mol. The molecule has 1 fully saturated rings. The SMILES string of the molecule is Cl.O=C1Nc2c(cccc2C(F)(F)F)[C@@H]2CNC[C@H]12. The summed E-state index contributed by atoms with van der Waals surface area (Å²) in [5.74, 6) is -0.744. The molecule has 2 aliphatic heterocycles. The molecule has 0 unspecified atom stereocenters. The number of fused-ring (bicyclic) bond motifs is 3. The Labute approximate surface area is 114 Å². The molecule has 2 heterocycles. The second kappa shape index (κ2) is 4.68. The standard InChI is InChI=1S/C12H11F3N2O.ClH/c13-12(14,15)9-3-1-2-6-7-4-16-5-8(7)11(18)17-10(6)9;/h1-3,7-8,16H,4-5H2,(H,17,18);1H/t7-,8-;/m0./s1. The number of hydrogen-bond donors (Lipinski definition) is 2. The van der Waals surface area contributed by atoms with Gasteiger partial charge in [0.15, 0.2) is 0 Å². The number of anilines is 1. The fraction of sp³-hybridized carbons (Fsp3) is 0.417. The summed E-state index contributed by atoms with van der Waals surface area (Å²) in [7, 11) is 0. The first kappa shape index (κ1) is 14.1. The van der Waals surface area contributed by atoms with E-state index in [-0.39, 0.29) is 35.8 Å². The Kier molecular flexibility index (Phi) is 3.49. The summed E-state index contributed by atoms with van der Waals surface area (Å²) in [6, 6.07) is 4.06. The first-order valence-corrected chi connectivity index (χ1v) is 5.70. The average molecular weight is 293 g/mol. The summed E-state index contributed by atoms with van der Waals surface area (Å²) in [4.78, 5) is 11.8. The fourth-order valence-electron chi connectivity index (χ4n) is 2.75. The number of para-hydroxylation sites is 1. The number of carbonyl (C=O) groups is 1. The number of nitrogens with one attached hydrogen (secondary N) is 2. The molecule has 0 aliphatic carbocycles. The van der Waals surface area contributed by atoms with Crippen molar-refractivity contribution in [1.29, 1.82) is 0 Å². The molecule has 1 saturated heterocycles. The van der Waals surface area contributed by atoms with E-state index in [1.54, 1.807) is 6.07 Å². The highest BCUT2D eigenvalue weighted by Crippen LogP contribution is 2.44. The lowest BCUT2D eigenvalue weighted by atomic mass is 9.83. The van der Waals surface area contributed by atoms with Crippen LogP contribution in [0.5, 0.6) is 0 Å². The minimum Gasteiger partial charge on any atom is -0.325 e. The summed E-state index contributed by atoms with van der Waals surface area (Å²) in [5.41, 5.74) is -0.252. The summed E-state index contributed by atoms with van der Waals surface area (Å²) < 4.78 is 38.6. The lowest BCUT2D eigenvalue weighted by molar-refractivity contribution is -0.137. The van der Waals surface area contributed by atoms with Crippen molar-refractivity contribution in [1.82, 2.24) is 5.32 Å². The lowest BCUT2D eigenvalue weighted by Crippen LogP contribution is -2.34. The lowest BCUT2D eigenvalue weighted by Gasteiger charge is -2.29. The van der Waals surface area contributed by atoms with Gasteiger partial charge in [0, 0.05) is 19.0 Å². The van der Waals surface area contributed by atoms with Gasteiger partial charge in [-0.2, -0.15) is 13.2 Å². The molecule has 1 amide bonds. The van der Waals surface area contributed by atoms with Crippen LogP contribution >= 0.6 is 12.4 Å². The van der Waals surface area contributed by atoms with Crippen LogP contribution in [0.2, 0.25) is 0 Å². The van der Waals surface area contributed by atoms with Crippen LogP contribution in [0.25, 0.3) is 0 Å². The van der Waals surface area contributed by atoms with Gasteiger partial charge in [0.1, 0.15) is 0 Å². The quantitative estimate of drug-likeness (QED) is 0.771. The van der Waals surface area contributed by atoms with Gasteiger partial charge in [-0.05, 0) is 11.6 Å². The van der Waals surface area contributed by atoms with Crippen LogP contribution < -0.4 is 10.6 Å². The van der Waals surface area contributed by atoms with E-state index in [0.29, 0.717) is 18.7 Å². The normalized spacial score (nSPS) is 25.1. The van der Waals surface area contributed by atoms with Gasteiger partial charge < -0.3 is 10.6 Å². The Morgan fingerprint density at radius 3 is 2.53 bits per heavy atom. The van der Waals surface area contributed by atoms with Crippen LogP contribution in [0.1, 0.15) is 17.0 Å². The number of rotatable bonds is 0. The van der Waals surface area contributed by atoms with Crippen LogP contribution in [0.15, 0.2) is 18.2 Å². The van der Waals surface area contributed by atoms with Gasteiger partial charge >= 0.3 is 6.18 Å². The first-order chi connectivity index (χ1) is 8.48. The smallest absolute Gasteiger partial charge is 0.325 e. The van der Waals surface area contributed by atoms with E-state index < -0.39 is 11.7 Å². The summed E-state index contributed by atoms with van der Waals surface area (Å²) >= 11 is 0. The summed E-state index contributed by atoms with van der Waals surface area (Å²) in [5, 5.41) is 5.46. The van der Waals surface area contributed by atoms with Crippen molar-refractivity contribution >= 4 is 24.0 Å². The highest BCUT2D eigenvalue weighted by Gasteiger charge is 2.43. The van der Waals surface area contributed by atoms with E-state index >= 15 is 0 Å². The van der Waals surface area contributed by atoms with Crippen molar-refractivity contribution in [2.45, 2.75) is 12.1 Å². The molecule has 1 aromatic carbocycles. The molecule has 0 aromatic heterocycles. The molecule has 19 heavy (non-hydrogen) atoms. The van der Waals surface area contributed by atoms with Crippen LogP contribution in [-0.4, -0.2) is 19.0 Å². The third-order valence-corrected chi connectivity index (χ3v) is 3.60. The maximum atomic E-state index is 12.9. The van der Waals surface area contributed by atoms with Crippen molar-refractivity contribution < 1.29 is 18.0 Å². The Morgan fingerprint density at radius 1 is 1.16 bits per heavy atom. The molecule has 0 radical (unpaired) electrons. The molecule has 1 aromatic rings. The second-order valence-corrected chi connectivity index (χ2v) is 4.63. The molecular weight excluding hydrogens is 281 g/mol. The fourth-order valence-corrected chi connectivity index (χ4v) is 2.75. The van der Waals surface area contributed by atoms with E-state index in [1.807, 2.05) is 0 Å². The zero-order chi connectivity index (χ0) is 12.9. The third-order valence-electron chi connectivity index (χ3n) is 3.60. The number of benzene rings is 1. The Morgan fingerprint density at radius 2 is 1.84 bits per heavy atom. The molecule has 7 heteroatoms. The van der Waals surface area contributed by atoms with E-state index in [1.165, 1.54) is 6.07 Å². The average Bonchev–Trinajstić information content (AvgIpc) is 2.77. The predicted octanol–water partition coefficient (Wildman–Crippen LogP) is 2.38. The predicted molar refractivity (Wildman–Crippen MR) is 66.4 cm³/mol. The van der Waals surface area contributed by atoms with E-state index in [2.05, 4.69) is 10.6 Å². The van der Waals surface area contributed by atoms with Crippen LogP contribution in [0.4, 0.5) is 18.9 Å². The third kappa shape index (κ3) is 2.19. The number of alkyl halides is 3. The topological polar surface area (TPSA) is 41.1 Å². The maximum absolute atomic E-state index is 12.9. The van der Waals surface area contributed by atoms with Gasteiger partial charge in [0.05, 0.1) is 17.2 Å². The van der Waals surface area contributed by atoms with Gasteiger partial charge in [-0.3, -0.25) is 4.79 Å². The molecule has 2 atom stereocenters. The first-order valence-electron chi connectivity index (χ1n) is 5.70. The zero-order valence-corrected chi connectivity index (χ0v) is 10.6. The number of hydrogen-bond acceptors (Lipinski definition) is 2. The largest absolute Gasteiger partial charge is 0.418 e. The molecular formula is C12H12ClF3N2O. The number of amides is 1. The summed E-state index contributed by atoms with van der Waals surface area (Å²) in [6.07, 6.45) is -4.45. The van der Waals surface area contributed by atoms with Crippen molar-refractivity contribution in [3.05, 3.63) is 29.3 Å². The highest BCUT2D eigenvalue weighted by atomic mass is 35.5. The molecule has 0 saturated carbocycles. The van der Waals surface area contributed by atoms with Crippen LogP contribution in [0, 0.1) is 5.92 Å². The molecule has 3 rings (SSSR count). The molecule has 0 spiro atoms. The Balaban J connectivity index is 0.00000133. The minimum atomic E-state index is -4.45. The molecule has 104 valence electrons. The maximum Gasteiger partial charge on any atom is 0.418 e. The zero-order valence-electron chi connectivity index (χ0n) is 9.75. The molecule has 2 N–H and O–H groups in total. The van der Waals surface area contributed by atoms with Crippen molar-refractivity contribution in [2.24, 2.45) is 5.92 Å². The second-order valence-electron chi connectivity index (χ2n) is 4.63. The van der Waals surface area contributed by atoms with Crippen molar-refractivity contribution in [3.63, 3.8) is 0 Å². The van der Waals surface area contributed by atoms with Gasteiger partial charge in [0.2, 0.25) is 5.91 Å². The van der Waals surface area contributed by atoms with Crippen molar-refractivity contribution in [3.8, 4) is 0 Å². The van der Waals surface area contributed by atoms with E-state index in [4.69, 9.17) is 0 Å².